The molecular formula is C23H21NO5S2. The van der Waals surface area contributed by atoms with Crippen LogP contribution in [0.4, 0.5) is 5.69 Å². The van der Waals surface area contributed by atoms with Gasteiger partial charge in [-0.2, -0.15) is 0 Å². The minimum Gasteiger partial charge on any atom is -0.481 e. The van der Waals surface area contributed by atoms with E-state index in [4.69, 9.17) is 0 Å². The van der Waals surface area contributed by atoms with Crippen LogP contribution in [0.25, 0.3) is 0 Å². The maximum absolute atomic E-state index is 12.8. The molecule has 3 aromatic carbocycles. The van der Waals surface area contributed by atoms with Crippen LogP contribution >= 0.6 is 11.8 Å². The Balaban J connectivity index is 1.65. The highest BCUT2D eigenvalue weighted by Gasteiger charge is 2.27. The van der Waals surface area contributed by atoms with Crippen molar-refractivity contribution in [1.82, 2.24) is 0 Å². The number of anilines is 1. The first-order valence-electron chi connectivity index (χ1n) is 9.45. The van der Waals surface area contributed by atoms with Gasteiger partial charge in [-0.15, -0.1) is 11.8 Å². The zero-order valence-corrected chi connectivity index (χ0v) is 18.1. The molecule has 0 aliphatic carbocycles. The van der Waals surface area contributed by atoms with Crippen LogP contribution in [0, 0.1) is 5.92 Å². The van der Waals surface area contributed by atoms with E-state index in [1.807, 2.05) is 30.3 Å². The molecule has 1 atom stereocenters. The van der Waals surface area contributed by atoms with E-state index in [0.29, 0.717) is 11.3 Å². The molecule has 0 saturated heterocycles. The van der Waals surface area contributed by atoms with Gasteiger partial charge in [-0.05, 0) is 48.5 Å². The van der Waals surface area contributed by atoms with Crippen LogP contribution in [0.2, 0.25) is 0 Å². The molecule has 1 unspecified atom stereocenters. The van der Waals surface area contributed by atoms with Crippen LogP contribution in [0.1, 0.15) is 10.4 Å². The van der Waals surface area contributed by atoms with Crippen molar-refractivity contribution in [2.75, 3.05) is 16.8 Å². The number of hydrogen-bond donors (Lipinski definition) is 2. The summed E-state index contributed by atoms with van der Waals surface area (Å²) in [6, 6.07) is 23.6. The normalized spacial score (nSPS) is 12.1. The SMILES string of the molecule is O=C(Nc1ccc(S(=O)(=O)CC(CSc2ccccc2)C(=O)O)cc1)c1ccccc1. The monoisotopic (exact) mass is 455 g/mol. The van der Waals surface area contributed by atoms with Gasteiger partial charge in [-0.25, -0.2) is 8.42 Å². The van der Waals surface area contributed by atoms with Gasteiger partial charge in [0, 0.05) is 21.9 Å². The molecule has 31 heavy (non-hydrogen) atoms. The third-order valence-electron chi connectivity index (χ3n) is 4.47. The molecule has 2 N–H and O–H groups in total. The Kier molecular flexibility index (Phi) is 7.49. The minimum absolute atomic E-state index is 0.0150. The van der Waals surface area contributed by atoms with E-state index in [1.54, 1.807) is 30.3 Å². The predicted octanol–water partition coefficient (Wildman–Crippen LogP) is 4.21. The number of rotatable bonds is 9. The number of aliphatic carboxylic acids is 1. The number of carboxylic acids is 1. The third-order valence-corrected chi connectivity index (χ3v) is 7.48. The van der Waals surface area contributed by atoms with Crippen molar-refractivity contribution in [3.8, 4) is 0 Å². The maximum Gasteiger partial charge on any atom is 0.308 e. The zero-order valence-electron chi connectivity index (χ0n) is 16.5. The molecule has 0 radical (unpaired) electrons. The standard InChI is InChI=1S/C23H21NO5S2/c25-22(17-7-3-1-4-8-17)24-19-11-13-21(14-12-19)31(28,29)16-18(23(26)27)15-30-20-9-5-2-6-10-20/h1-14,18H,15-16H2,(H,24,25)(H,26,27). The first kappa shape index (κ1) is 22.6. The Bertz CT molecular complexity index is 1130. The van der Waals surface area contributed by atoms with Gasteiger partial charge in [0.2, 0.25) is 0 Å². The van der Waals surface area contributed by atoms with Gasteiger partial charge in [-0.1, -0.05) is 36.4 Å². The number of carbonyl (C=O) groups is 2. The summed E-state index contributed by atoms with van der Waals surface area (Å²) in [6.45, 7) is 0. The van der Waals surface area contributed by atoms with Crippen molar-refractivity contribution in [2.45, 2.75) is 9.79 Å². The Morgan fingerprint density at radius 3 is 2.03 bits per heavy atom. The Labute approximate surface area is 185 Å². The van der Waals surface area contributed by atoms with Crippen LogP contribution in [-0.4, -0.2) is 36.9 Å². The largest absolute Gasteiger partial charge is 0.481 e. The number of carboxylic acid groups (broad SMARTS) is 1. The summed E-state index contributed by atoms with van der Waals surface area (Å²) < 4.78 is 25.5. The lowest BCUT2D eigenvalue weighted by Crippen LogP contribution is -2.26. The molecule has 0 aliphatic heterocycles. The van der Waals surface area contributed by atoms with E-state index in [1.165, 1.54) is 36.0 Å². The molecule has 0 fully saturated rings. The Morgan fingerprint density at radius 2 is 1.45 bits per heavy atom. The zero-order chi connectivity index (χ0) is 22.3. The molecule has 3 rings (SSSR count). The Morgan fingerprint density at radius 1 is 0.871 bits per heavy atom. The van der Waals surface area contributed by atoms with Crippen molar-refractivity contribution in [3.63, 3.8) is 0 Å². The van der Waals surface area contributed by atoms with Crippen molar-refractivity contribution in [1.29, 1.82) is 0 Å². The first-order valence-corrected chi connectivity index (χ1v) is 12.1. The second kappa shape index (κ2) is 10.3. The molecule has 0 aromatic heterocycles. The number of thioether (sulfide) groups is 1. The smallest absolute Gasteiger partial charge is 0.308 e. The van der Waals surface area contributed by atoms with Gasteiger partial charge in [0.25, 0.3) is 5.91 Å². The first-order chi connectivity index (χ1) is 14.8. The van der Waals surface area contributed by atoms with Gasteiger partial charge >= 0.3 is 5.97 Å². The summed E-state index contributed by atoms with van der Waals surface area (Å²) in [5, 5.41) is 12.2. The number of hydrogen-bond acceptors (Lipinski definition) is 5. The van der Waals surface area contributed by atoms with E-state index in [-0.39, 0.29) is 16.6 Å². The summed E-state index contributed by atoms with van der Waals surface area (Å²) in [6.07, 6.45) is 0. The molecule has 3 aromatic rings. The molecule has 0 saturated carbocycles. The number of sulfone groups is 1. The average molecular weight is 456 g/mol. The topological polar surface area (TPSA) is 101 Å². The van der Waals surface area contributed by atoms with Gasteiger partial charge in [0.1, 0.15) is 0 Å². The highest BCUT2D eigenvalue weighted by Crippen LogP contribution is 2.24. The lowest BCUT2D eigenvalue weighted by atomic mass is 10.2. The fraction of sp³-hybridized carbons (Fsp3) is 0.130. The van der Waals surface area contributed by atoms with Gasteiger partial charge in [-0.3, -0.25) is 9.59 Å². The quantitative estimate of drug-likeness (QED) is 0.469. The lowest BCUT2D eigenvalue weighted by Gasteiger charge is -2.13. The van der Waals surface area contributed by atoms with Crippen LogP contribution < -0.4 is 5.32 Å². The number of benzene rings is 3. The van der Waals surface area contributed by atoms with Crippen molar-refractivity contribution in [2.24, 2.45) is 5.92 Å². The summed E-state index contributed by atoms with van der Waals surface area (Å²) in [5.74, 6) is -2.87. The molecule has 160 valence electrons. The number of carbonyl (C=O) groups excluding carboxylic acids is 1. The average Bonchev–Trinajstić information content (AvgIpc) is 2.78. The summed E-state index contributed by atoms with van der Waals surface area (Å²) in [4.78, 5) is 24.7. The Hall–Kier alpha value is -3.10. The van der Waals surface area contributed by atoms with Crippen molar-refractivity contribution in [3.05, 3.63) is 90.5 Å². The van der Waals surface area contributed by atoms with Crippen LogP contribution in [0.15, 0.2) is 94.7 Å². The number of nitrogens with one attached hydrogen (secondary N) is 1. The van der Waals surface area contributed by atoms with E-state index >= 15 is 0 Å². The third kappa shape index (κ3) is 6.44. The van der Waals surface area contributed by atoms with E-state index in [0.717, 1.165) is 4.90 Å². The number of amides is 1. The molecule has 0 spiro atoms. The van der Waals surface area contributed by atoms with Gasteiger partial charge in [0.15, 0.2) is 9.84 Å². The van der Waals surface area contributed by atoms with Gasteiger partial charge in [0.05, 0.1) is 16.6 Å². The molecule has 1 amide bonds. The highest BCUT2D eigenvalue weighted by atomic mass is 32.2. The minimum atomic E-state index is -3.81. The molecule has 6 nitrogen and oxygen atoms in total. The van der Waals surface area contributed by atoms with E-state index in [2.05, 4.69) is 5.32 Å². The summed E-state index contributed by atoms with van der Waals surface area (Å²) in [7, 11) is -3.81. The predicted molar refractivity (Wildman–Crippen MR) is 121 cm³/mol. The highest BCUT2D eigenvalue weighted by molar-refractivity contribution is 7.99. The van der Waals surface area contributed by atoms with Crippen molar-refractivity contribution < 1.29 is 23.1 Å². The van der Waals surface area contributed by atoms with Crippen LogP contribution in [0.5, 0.6) is 0 Å². The fourth-order valence-corrected chi connectivity index (χ4v) is 5.49. The van der Waals surface area contributed by atoms with Crippen molar-refractivity contribution >= 4 is 39.2 Å². The maximum atomic E-state index is 12.8. The summed E-state index contributed by atoms with van der Waals surface area (Å²) in [5.41, 5.74) is 0.932. The lowest BCUT2D eigenvalue weighted by molar-refractivity contribution is -0.140. The molecular weight excluding hydrogens is 434 g/mol. The van der Waals surface area contributed by atoms with Crippen LogP contribution in [0.3, 0.4) is 0 Å². The van der Waals surface area contributed by atoms with E-state index in [9.17, 15) is 23.1 Å². The van der Waals surface area contributed by atoms with E-state index < -0.39 is 27.5 Å². The summed E-state index contributed by atoms with van der Waals surface area (Å²) >= 11 is 1.31. The second-order valence-corrected chi connectivity index (χ2v) is 9.91. The van der Waals surface area contributed by atoms with Gasteiger partial charge < -0.3 is 10.4 Å². The van der Waals surface area contributed by atoms with Crippen LogP contribution in [-0.2, 0) is 14.6 Å². The molecule has 0 aliphatic rings. The molecule has 0 heterocycles. The molecule has 0 bridgehead atoms. The molecule has 8 heteroatoms. The second-order valence-electron chi connectivity index (χ2n) is 6.79. The fourth-order valence-electron chi connectivity index (χ4n) is 2.80.